The van der Waals surface area contributed by atoms with Gasteiger partial charge in [-0.1, -0.05) is 13.8 Å². The van der Waals surface area contributed by atoms with E-state index in [4.69, 9.17) is 0 Å². The van der Waals surface area contributed by atoms with E-state index in [1.807, 2.05) is 13.8 Å². The summed E-state index contributed by atoms with van der Waals surface area (Å²) in [6.07, 6.45) is 2.69. The van der Waals surface area contributed by atoms with Crippen molar-refractivity contribution in [3.63, 3.8) is 0 Å². The van der Waals surface area contributed by atoms with Gasteiger partial charge in [-0.15, -0.1) is 0 Å². The summed E-state index contributed by atoms with van der Waals surface area (Å²) in [5, 5.41) is 19.8. The van der Waals surface area contributed by atoms with Crippen molar-refractivity contribution in [2.45, 2.75) is 77.5 Å². The van der Waals surface area contributed by atoms with Crippen LogP contribution in [0.1, 0.15) is 77.8 Å². The minimum atomic E-state index is -1.18. The first-order valence-electron chi connectivity index (χ1n) is 14.5. The van der Waals surface area contributed by atoms with E-state index in [0.29, 0.717) is 31.6 Å². The van der Waals surface area contributed by atoms with E-state index in [2.05, 4.69) is 16.0 Å². The molecular weight excluding hydrogens is 530 g/mol. The molecule has 0 radical (unpaired) electrons. The molecule has 0 bridgehead atoms. The lowest BCUT2D eigenvalue weighted by Gasteiger charge is -2.27. The maximum atomic E-state index is 13.9. The van der Waals surface area contributed by atoms with Gasteiger partial charge >= 0.3 is 0 Å². The molecular formula is C31H42F2N4O4. The number of nitrogens with one attached hydrogen (secondary N) is 3. The minimum Gasteiger partial charge on any atom is -0.390 e. The number of aryl methyl sites for hydroxylation is 1. The summed E-state index contributed by atoms with van der Waals surface area (Å²) in [5.41, 5.74) is 1.61. The van der Waals surface area contributed by atoms with Crippen molar-refractivity contribution in [3.8, 4) is 0 Å². The Morgan fingerprint density at radius 2 is 1.68 bits per heavy atom. The van der Waals surface area contributed by atoms with Gasteiger partial charge in [0.25, 0.3) is 11.8 Å². The van der Waals surface area contributed by atoms with Crippen LogP contribution in [0.3, 0.4) is 0 Å². The Balaban J connectivity index is 1.82. The minimum absolute atomic E-state index is 0.0264. The van der Waals surface area contributed by atoms with E-state index in [9.17, 15) is 28.3 Å². The first-order chi connectivity index (χ1) is 19.6. The summed E-state index contributed by atoms with van der Waals surface area (Å²) in [4.78, 5) is 40.8. The zero-order valence-corrected chi connectivity index (χ0v) is 24.1. The fourth-order valence-electron chi connectivity index (χ4n) is 5.13. The molecule has 10 heteroatoms. The second kappa shape index (κ2) is 15.6. The molecule has 3 rings (SSSR count). The smallest absolute Gasteiger partial charge is 0.253 e. The molecule has 0 spiro atoms. The molecule has 1 fully saturated rings. The first kappa shape index (κ1) is 32.1. The molecule has 1 aliphatic rings. The quantitative estimate of drug-likeness (QED) is 0.294. The number of nitrogens with zero attached hydrogens (tertiary/aromatic N) is 1. The normalized spacial score (nSPS) is 16.8. The predicted octanol–water partition coefficient (Wildman–Crippen LogP) is 3.50. The van der Waals surface area contributed by atoms with Gasteiger partial charge in [0.1, 0.15) is 11.6 Å². The summed E-state index contributed by atoms with van der Waals surface area (Å²) in [6.45, 7) is 7.57. The molecule has 224 valence electrons. The number of hydrogen-bond donors (Lipinski definition) is 4. The lowest BCUT2D eigenvalue weighted by Crippen LogP contribution is -2.52. The summed E-state index contributed by atoms with van der Waals surface area (Å²) in [5.74, 6) is -2.38. The second-order valence-corrected chi connectivity index (χ2v) is 10.8. The van der Waals surface area contributed by atoms with Crippen LogP contribution >= 0.6 is 0 Å². The van der Waals surface area contributed by atoms with E-state index in [1.54, 1.807) is 24.0 Å². The molecule has 1 saturated heterocycles. The van der Waals surface area contributed by atoms with Gasteiger partial charge in [0.2, 0.25) is 5.91 Å². The van der Waals surface area contributed by atoms with Crippen LogP contribution in [-0.2, 0) is 11.2 Å². The van der Waals surface area contributed by atoms with Gasteiger partial charge in [-0.05, 0) is 86.9 Å². The molecule has 1 aliphatic heterocycles. The Kier molecular flexibility index (Phi) is 12.2. The maximum absolute atomic E-state index is 13.9. The number of hydrogen-bond acceptors (Lipinski definition) is 5. The highest BCUT2D eigenvalue weighted by molar-refractivity contribution is 6.00. The highest BCUT2D eigenvalue weighted by Crippen LogP contribution is 2.16. The monoisotopic (exact) mass is 572 g/mol. The van der Waals surface area contributed by atoms with Gasteiger partial charge < -0.3 is 26.0 Å². The highest BCUT2D eigenvalue weighted by Gasteiger charge is 2.27. The third-order valence-corrected chi connectivity index (χ3v) is 7.13. The van der Waals surface area contributed by atoms with Gasteiger partial charge in [-0.3, -0.25) is 14.4 Å². The third kappa shape index (κ3) is 9.60. The van der Waals surface area contributed by atoms with Crippen LogP contribution in [0.5, 0.6) is 0 Å². The Hall–Kier alpha value is -3.37. The molecule has 3 amide bonds. The van der Waals surface area contributed by atoms with E-state index < -0.39 is 35.7 Å². The van der Waals surface area contributed by atoms with Crippen molar-refractivity contribution in [1.82, 2.24) is 20.9 Å². The molecule has 0 aliphatic carbocycles. The zero-order valence-electron chi connectivity index (χ0n) is 24.1. The number of carbonyl (C=O) groups excluding carboxylic acids is 3. The zero-order chi connectivity index (χ0) is 29.9. The topological polar surface area (TPSA) is 111 Å². The Labute approximate surface area is 240 Å². The van der Waals surface area contributed by atoms with Crippen LogP contribution in [0.4, 0.5) is 8.78 Å². The fraction of sp³-hybridized carbons (Fsp3) is 0.516. The van der Waals surface area contributed by atoms with Crippen LogP contribution in [0.2, 0.25) is 0 Å². The van der Waals surface area contributed by atoms with Crippen LogP contribution in [0.25, 0.3) is 0 Å². The van der Waals surface area contributed by atoms with Crippen molar-refractivity contribution in [2.75, 3.05) is 26.2 Å². The SMILES string of the molecule is CCCN(CCC)C(=O)c1cc(C)cc(C(=O)N[C@@H](Cc2cc(F)cc(F)c2)[C@H](O)CN[C@@H]2CCCCNC2=O)c1. The molecule has 0 unspecified atom stereocenters. The van der Waals surface area contributed by atoms with E-state index >= 15 is 0 Å². The number of benzene rings is 2. The number of carbonyl (C=O) groups is 3. The summed E-state index contributed by atoms with van der Waals surface area (Å²) < 4.78 is 27.9. The van der Waals surface area contributed by atoms with Gasteiger partial charge in [0.15, 0.2) is 0 Å². The first-order valence-corrected chi connectivity index (χ1v) is 14.5. The highest BCUT2D eigenvalue weighted by atomic mass is 19.1. The molecule has 4 N–H and O–H groups in total. The van der Waals surface area contributed by atoms with Crippen molar-refractivity contribution in [1.29, 1.82) is 0 Å². The molecule has 2 aromatic carbocycles. The van der Waals surface area contributed by atoms with Crippen molar-refractivity contribution in [3.05, 3.63) is 70.3 Å². The summed E-state index contributed by atoms with van der Waals surface area (Å²) in [7, 11) is 0. The molecule has 0 saturated carbocycles. The average Bonchev–Trinajstić information content (AvgIpc) is 3.13. The largest absolute Gasteiger partial charge is 0.390 e. The Bertz CT molecular complexity index is 1180. The number of aliphatic hydroxyl groups is 1. The summed E-state index contributed by atoms with van der Waals surface area (Å²) >= 11 is 0. The van der Waals surface area contributed by atoms with Crippen molar-refractivity contribution >= 4 is 17.7 Å². The number of aliphatic hydroxyl groups excluding tert-OH is 1. The lowest BCUT2D eigenvalue weighted by atomic mass is 9.99. The molecule has 1 heterocycles. The van der Waals surface area contributed by atoms with E-state index in [0.717, 1.165) is 49.4 Å². The van der Waals surface area contributed by atoms with Gasteiger partial charge in [-0.2, -0.15) is 0 Å². The third-order valence-electron chi connectivity index (χ3n) is 7.13. The van der Waals surface area contributed by atoms with E-state index in [1.165, 1.54) is 6.07 Å². The standard InChI is InChI=1S/C31H42F2N4O4/c1-4-10-37(11-5-2)31(41)23-13-20(3)12-22(17-23)29(39)36-27(16-21-14-24(32)18-25(33)15-21)28(38)19-35-26-8-6-7-9-34-30(26)40/h12-15,17-18,26-28,35,38H,4-11,16,19H2,1-3H3,(H,34,40)(H,36,39)/t26-,27+,28-/m1/s1. The Morgan fingerprint density at radius 3 is 2.34 bits per heavy atom. The van der Waals surface area contributed by atoms with Crippen LogP contribution in [0.15, 0.2) is 36.4 Å². The van der Waals surface area contributed by atoms with Crippen LogP contribution in [0, 0.1) is 18.6 Å². The van der Waals surface area contributed by atoms with Crippen molar-refractivity contribution in [2.24, 2.45) is 0 Å². The number of halogens is 2. The second-order valence-electron chi connectivity index (χ2n) is 10.8. The number of amides is 3. The van der Waals surface area contributed by atoms with Crippen molar-refractivity contribution < 1.29 is 28.3 Å². The van der Waals surface area contributed by atoms with Crippen LogP contribution in [-0.4, -0.2) is 72.1 Å². The van der Waals surface area contributed by atoms with Gasteiger partial charge in [0.05, 0.1) is 18.2 Å². The molecule has 2 aromatic rings. The predicted molar refractivity (Wildman–Crippen MR) is 154 cm³/mol. The molecule has 8 nitrogen and oxygen atoms in total. The lowest BCUT2D eigenvalue weighted by molar-refractivity contribution is -0.123. The molecule has 3 atom stereocenters. The van der Waals surface area contributed by atoms with Gasteiger partial charge in [0, 0.05) is 43.4 Å². The summed E-state index contributed by atoms with van der Waals surface area (Å²) in [6, 6.07) is 6.54. The maximum Gasteiger partial charge on any atom is 0.253 e. The molecule has 41 heavy (non-hydrogen) atoms. The fourth-order valence-corrected chi connectivity index (χ4v) is 5.13. The van der Waals surface area contributed by atoms with E-state index in [-0.39, 0.29) is 35.9 Å². The average molecular weight is 573 g/mol. The Morgan fingerprint density at radius 1 is 1.02 bits per heavy atom. The van der Waals surface area contributed by atoms with Gasteiger partial charge in [-0.25, -0.2) is 8.78 Å². The van der Waals surface area contributed by atoms with Crippen LogP contribution < -0.4 is 16.0 Å². The number of rotatable bonds is 13. The molecule has 0 aromatic heterocycles.